The fourth-order valence-electron chi connectivity index (χ4n) is 3.76. The summed E-state index contributed by atoms with van der Waals surface area (Å²) in [5, 5.41) is 0. The van der Waals surface area contributed by atoms with Crippen LogP contribution in [-0.2, 0) is 38.8 Å². The summed E-state index contributed by atoms with van der Waals surface area (Å²) in [6.45, 7) is 6.56. The van der Waals surface area contributed by atoms with Crippen LogP contribution in [0.5, 0.6) is 0 Å². The summed E-state index contributed by atoms with van der Waals surface area (Å²) in [6, 6.07) is 30.4. The van der Waals surface area contributed by atoms with Crippen LogP contribution in [-0.4, -0.2) is 31.5 Å². The molecular formula is C28H30O4. The molecule has 3 aromatic rings. The van der Waals surface area contributed by atoms with Crippen molar-refractivity contribution in [2.75, 3.05) is 13.2 Å². The van der Waals surface area contributed by atoms with Gasteiger partial charge in [0.05, 0.1) is 33.0 Å². The second kappa shape index (κ2) is 11.7. The van der Waals surface area contributed by atoms with Gasteiger partial charge in [0, 0.05) is 0 Å². The van der Waals surface area contributed by atoms with Crippen LogP contribution in [0.4, 0.5) is 0 Å². The minimum atomic E-state index is -0.309. The third kappa shape index (κ3) is 6.38. The van der Waals surface area contributed by atoms with Crippen LogP contribution in [0.1, 0.15) is 16.7 Å². The van der Waals surface area contributed by atoms with Crippen molar-refractivity contribution in [1.29, 1.82) is 0 Å². The second-order valence-electron chi connectivity index (χ2n) is 7.99. The van der Waals surface area contributed by atoms with Crippen molar-refractivity contribution in [3.05, 3.63) is 120 Å². The molecule has 1 aliphatic heterocycles. The Morgan fingerprint density at radius 1 is 0.688 bits per heavy atom. The van der Waals surface area contributed by atoms with Crippen molar-refractivity contribution in [2.24, 2.45) is 0 Å². The van der Waals surface area contributed by atoms with E-state index in [-0.39, 0.29) is 18.3 Å². The zero-order valence-electron chi connectivity index (χ0n) is 18.3. The first-order valence-electron chi connectivity index (χ1n) is 11.0. The van der Waals surface area contributed by atoms with Gasteiger partial charge in [-0.05, 0) is 22.3 Å². The molecule has 0 aliphatic carbocycles. The van der Waals surface area contributed by atoms with E-state index in [9.17, 15) is 0 Å². The first-order chi connectivity index (χ1) is 15.8. The van der Waals surface area contributed by atoms with Crippen LogP contribution in [0.2, 0.25) is 0 Å². The zero-order chi connectivity index (χ0) is 22.0. The van der Waals surface area contributed by atoms with E-state index in [1.54, 1.807) is 0 Å². The Hall–Kier alpha value is -2.76. The van der Waals surface area contributed by atoms with Gasteiger partial charge in [0.2, 0.25) is 0 Å². The van der Waals surface area contributed by atoms with Gasteiger partial charge in [-0.1, -0.05) is 97.6 Å². The average Bonchev–Trinajstić information content (AvgIpc) is 2.85. The van der Waals surface area contributed by atoms with Crippen molar-refractivity contribution in [1.82, 2.24) is 0 Å². The topological polar surface area (TPSA) is 36.9 Å². The molecule has 1 aliphatic rings. The highest BCUT2D eigenvalue weighted by Crippen LogP contribution is 2.27. The molecule has 0 bridgehead atoms. The fourth-order valence-corrected chi connectivity index (χ4v) is 3.76. The Kier molecular flexibility index (Phi) is 8.23. The maximum Gasteiger partial charge on any atom is 0.116 e. The summed E-state index contributed by atoms with van der Waals surface area (Å²) in [4.78, 5) is 0. The van der Waals surface area contributed by atoms with E-state index < -0.39 is 0 Å². The summed E-state index contributed by atoms with van der Waals surface area (Å²) in [6.07, 6.45) is -0.817. The molecule has 3 aromatic carbocycles. The van der Waals surface area contributed by atoms with Gasteiger partial charge >= 0.3 is 0 Å². The van der Waals surface area contributed by atoms with Gasteiger partial charge in [0.15, 0.2) is 0 Å². The van der Waals surface area contributed by atoms with Gasteiger partial charge in [-0.2, -0.15) is 0 Å². The molecule has 32 heavy (non-hydrogen) atoms. The van der Waals surface area contributed by atoms with E-state index in [2.05, 4.69) is 43.0 Å². The lowest BCUT2D eigenvalue weighted by atomic mass is 9.98. The van der Waals surface area contributed by atoms with Crippen LogP contribution in [0.25, 0.3) is 0 Å². The summed E-state index contributed by atoms with van der Waals surface area (Å²) in [5.74, 6) is 0. The van der Waals surface area contributed by atoms with Crippen molar-refractivity contribution in [2.45, 2.75) is 38.1 Å². The molecule has 0 radical (unpaired) electrons. The predicted octanol–water partition coefficient (Wildman–Crippen LogP) is 5.33. The molecule has 1 saturated heterocycles. The summed E-state index contributed by atoms with van der Waals surface area (Å²) in [5.41, 5.74) is 4.24. The molecule has 0 N–H and O–H groups in total. The van der Waals surface area contributed by atoms with E-state index in [1.807, 2.05) is 54.6 Å². The monoisotopic (exact) mass is 430 g/mol. The Morgan fingerprint density at radius 2 is 1.19 bits per heavy atom. The molecule has 4 rings (SSSR count). The zero-order valence-corrected chi connectivity index (χ0v) is 18.3. The van der Waals surface area contributed by atoms with E-state index in [0.717, 1.165) is 22.3 Å². The third-order valence-corrected chi connectivity index (χ3v) is 5.50. The number of benzene rings is 3. The Bertz CT molecular complexity index is 943. The van der Waals surface area contributed by atoms with Gasteiger partial charge < -0.3 is 18.9 Å². The second-order valence-corrected chi connectivity index (χ2v) is 7.99. The maximum atomic E-state index is 6.37. The highest BCUT2D eigenvalue weighted by molar-refractivity contribution is 5.17. The molecular weight excluding hydrogens is 400 g/mol. The van der Waals surface area contributed by atoms with Crippen molar-refractivity contribution >= 4 is 0 Å². The maximum absolute atomic E-state index is 6.37. The van der Waals surface area contributed by atoms with Crippen LogP contribution >= 0.6 is 0 Å². The van der Waals surface area contributed by atoms with Crippen molar-refractivity contribution < 1.29 is 18.9 Å². The molecule has 1 heterocycles. The van der Waals surface area contributed by atoms with E-state index in [4.69, 9.17) is 18.9 Å². The lowest BCUT2D eigenvalue weighted by Gasteiger charge is -2.39. The summed E-state index contributed by atoms with van der Waals surface area (Å²) < 4.78 is 24.8. The number of ether oxygens (including phenoxy) is 4. The van der Waals surface area contributed by atoms with Gasteiger partial charge in [0.25, 0.3) is 0 Å². The Balaban J connectivity index is 1.43. The molecule has 4 heteroatoms. The molecule has 1 fully saturated rings. The van der Waals surface area contributed by atoms with Crippen molar-refractivity contribution in [3.8, 4) is 0 Å². The summed E-state index contributed by atoms with van der Waals surface area (Å²) >= 11 is 0. The van der Waals surface area contributed by atoms with Crippen molar-refractivity contribution in [3.63, 3.8) is 0 Å². The van der Waals surface area contributed by atoms with E-state index in [1.165, 1.54) is 0 Å². The van der Waals surface area contributed by atoms with Gasteiger partial charge in [-0.15, -0.1) is 0 Å². The average molecular weight is 431 g/mol. The number of hydrogen-bond donors (Lipinski definition) is 0. The fraction of sp³-hybridized carbons (Fsp3) is 0.286. The molecule has 0 spiro atoms. The van der Waals surface area contributed by atoms with Crippen LogP contribution in [0, 0.1) is 0 Å². The molecule has 0 unspecified atom stereocenters. The minimum absolute atomic E-state index is 0.242. The largest absolute Gasteiger partial charge is 0.374 e. The minimum Gasteiger partial charge on any atom is -0.374 e. The number of hydrogen-bond acceptors (Lipinski definition) is 4. The highest BCUT2D eigenvalue weighted by atomic mass is 16.6. The van der Waals surface area contributed by atoms with Crippen LogP contribution in [0.3, 0.4) is 0 Å². The van der Waals surface area contributed by atoms with Gasteiger partial charge in [-0.25, -0.2) is 0 Å². The van der Waals surface area contributed by atoms with E-state index in [0.29, 0.717) is 33.0 Å². The third-order valence-electron chi connectivity index (χ3n) is 5.50. The molecule has 4 nitrogen and oxygen atoms in total. The number of rotatable bonds is 10. The normalized spacial score (nSPS) is 20.9. The Morgan fingerprint density at radius 3 is 1.75 bits per heavy atom. The first kappa shape index (κ1) is 22.4. The Labute approximate surface area is 190 Å². The van der Waals surface area contributed by atoms with Gasteiger partial charge in [0.1, 0.15) is 18.3 Å². The lowest BCUT2D eigenvalue weighted by molar-refractivity contribution is -0.175. The highest BCUT2D eigenvalue weighted by Gasteiger charge is 2.38. The van der Waals surface area contributed by atoms with E-state index >= 15 is 0 Å². The molecule has 0 saturated carbocycles. The molecule has 3 atom stereocenters. The lowest BCUT2D eigenvalue weighted by Crippen LogP contribution is -2.50. The SMILES string of the molecule is C=C1CO[C@H](COCc2ccccc2)[C@H](OCc2ccccc2)[C@@H]1OCc1ccccc1. The standard InChI is InChI=1S/C28H30O4/c1-22-17-30-26(21-29-18-23-11-5-2-6-12-23)28(32-20-25-15-9-4-10-16-25)27(22)31-19-24-13-7-3-8-14-24/h2-16,26-28H,1,17-21H2/t26-,27-,28+/m1/s1. The molecule has 0 amide bonds. The van der Waals surface area contributed by atoms with Crippen LogP contribution < -0.4 is 0 Å². The molecule has 0 aromatic heterocycles. The smallest absolute Gasteiger partial charge is 0.116 e. The molecule has 166 valence electrons. The summed E-state index contributed by atoms with van der Waals surface area (Å²) in [7, 11) is 0. The van der Waals surface area contributed by atoms with Crippen LogP contribution in [0.15, 0.2) is 103 Å². The van der Waals surface area contributed by atoms with Gasteiger partial charge in [-0.3, -0.25) is 0 Å². The predicted molar refractivity (Wildman–Crippen MR) is 125 cm³/mol. The first-order valence-corrected chi connectivity index (χ1v) is 11.0. The quantitative estimate of drug-likeness (QED) is 0.408.